The number of aryl methyl sites for hydroxylation is 1. The molecule has 1 saturated carbocycles. The van der Waals surface area contributed by atoms with Gasteiger partial charge >= 0.3 is 6.09 Å². The maximum atomic E-state index is 14.6. The number of carbonyl (C=O) groups is 3. The van der Waals surface area contributed by atoms with E-state index in [0.717, 1.165) is 17.5 Å². The van der Waals surface area contributed by atoms with Crippen LogP contribution in [0, 0.1) is 25.2 Å². The van der Waals surface area contributed by atoms with Crippen molar-refractivity contribution in [3.05, 3.63) is 101 Å². The van der Waals surface area contributed by atoms with Crippen LogP contribution in [0.2, 0.25) is 0 Å². The minimum Gasteiger partial charge on any atom is -0.444 e. The molecule has 7 nitrogen and oxygen atoms in total. The van der Waals surface area contributed by atoms with Crippen LogP contribution in [-0.2, 0) is 20.7 Å². The highest BCUT2D eigenvalue weighted by Crippen LogP contribution is 2.41. The lowest BCUT2D eigenvalue weighted by molar-refractivity contribution is -0.141. The zero-order chi connectivity index (χ0) is 30.4. The largest absolute Gasteiger partial charge is 0.444 e. The Morgan fingerprint density at radius 1 is 1.00 bits per heavy atom. The molecule has 3 aromatic carbocycles. The molecule has 4 atom stereocenters. The zero-order valence-corrected chi connectivity index (χ0v) is 24.9. The summed E-state index contributed by atoms with van der Waals surface area (Å²) in [5.41, 5.74) is 2.99. The van der Waals surface area contributed by atoms with Crippen molar-refractivity contribution < 1.29 is 19.1 Å². The molecule has 1 fully saturated rings. The number of anilines is 1. The molecule has 4 rings (SSSR count). The van der Waals surface area contributed by atoms with E-state index in [2.05, 4.69) is 23.5 Å². The maximum Gasteiger partial charge on any atom is 0.408 e. The highest BCUT2D eigenvalue weighted by molar-refractivity contribution is 5.99. The summed E-state index contributed by atoms with van der Waals surface area (Å²) < 4.78 is 5.52. The van der Waals surface area contributed by atoms with E-state index in [0.29, 0.717) is 16.8 Å². The highest BCUT2D eigenvalue weighted by Gasteiger charge is 2.48. The van der Waals surface area contributed by atoms with Gasteiger partial charge in [-0.15, -0.1) is 6.42 Å². The summed E-state index contributed by atoms with van der Waals surface area (Å²) >= 11 is 0. The van der Waals surface area contributed by atoms with Gasteiger partial charge in [0.1, 0.15) is 17.7 Å². The van der Waals surface area contributed by atoms with E-state index in [-0.39, 0.29) is 30.2 Å². The first-order chi connectivity index (χ1) is 20.0. The molecule has 2 N–H and O–H groups in total. The Hall–Kier alpha value is -4.57. The standard InChI is InChI=1S/C35H39N3O4/c1-7-25-17-19-27(20-18-25)31(32(39)36-28-16-12-11-13-23(28)2)38(30-21-24(30)3)33(40)29(22-26-14-9-8-10-15-26)37-34(41)42-35(4,5)6/h1,8-20,24,29-31H,21-22H2,2-6H3,(H,36,39)(H,37,41). The SMILES string of the molecule is C#Cc1ccc(C(C(=O)Nc2ccccc2C)N(C(=O)C(Cc2ccccc2)NC(=O)OC(C)(C)C)C2CC2C)cc1. The molecule has 42 heavy (non-hydrogen) atoms. The van der Waals surface area contributed by atoms with Gasteiger partial charge in [0, 0.05) is 23.7 Å². The second-order valence-corrected chi connectivity index (χ2v) is 11.9. The number of amides is 3. The van der Waals surface area contributed by atoms with Crippen molar-refractivity contribution in [2.24, 2.45) is 5.92 Å². The second-order valence-electron chi connectivity index (χ2n) is 11.9. The van der Waals surface area contributed by atoms with Gasteiger partial charge in [-0.1, -0.05) is 73.5 Å². The number of hydrogen-bond acceptors (Lipinski definition) is 4. The fraction of sp³-hybridized carbons (Fsp3) is 0.343. The first-order valence-electron chi connectivity index (χ1n) is 14.3. The fourth-order valence-electron chi connectivity index (χ4n) is 4.97. The average Bonchev–Trinajstić information content (AvgIpc) is 3.67. The van der Waals surface area contributed by atoms with Gasteiger partial charge in [-0.2, -0.15) is 0 Å². The Bertz CT molecular complexity index is 1450. The van der Waals surface area contributed by atoms with Crippen molar-refractivity contribution in [2.75, 3.05) is 5.32 Å². The lowest BCUT2D eigenvalue weighted by atomic mass is 9.98. The number of carbonyl (C=O) groups excluding carboxylic acids is 3. The Morgan fingerprint density at radius 2 is 1.62 bits per heavy atom. The molecule has 1 aliphatic carbocycles. The van der Waals surface area contributed by atoms with Gasteiger partial charge in [0.05, 0.1) is 0 Å². The van der Waals surface area contributed by atoms with Gasteiger partial charge in [0.25, 0.3) is 5.91 Å². The Morgan fingerprint density at radius 3 is 2.19 bits per heavy atom. The quantitative estimate of drug-likeness (QED) is 0.310. The molecule has 0 spiro atoms. The van der Waals surface area contributed by atoms with Crippen LogP contribution in [-0.4, -0.2) is 40.5 Å². The summed E-state index contributed by atoms with van der Waals surface area (Å²) in [5, 5.41) is 5.86. The highest BCUT2D eigenvalue weighted by atomic mass is 16.6. The minimum atomic E-state index is -0.964. The van der Waals surface area contributed by atoms with Gasteiger partial charge in [-0.3, -0.25) is 9.59 Å². The lowest BCUT2D eigenvalue weighted by Gasteiger charge is -2.35. The molecule has 3 amide bonds. The van der Waals surface area contributed by atoms with Crippen LogP contribution in [0.25, 0.3) is 0 Å². The number of rotatable bonds is 9. The number of terminal acetylenes is 1. The molecule has 0 heterocycles. The third kappa shape index (κ3) is 7.79. The number of benzene rings is 3. The van der Waals surface area contributed by atoms with E-state index >= 15 is 0 Å². The Balaban J connectivity index is 1.76. The van der Waals surface area contributed by atoms with Crippen LogP contribution < -0.4 is 10.6 Å². The number of para-hydroxylation sites is 1. The first kappa shape index (κ1) is 30.4. The number of ether oxygens (including phenoxy) is 1. The predicted octanol–water partition coefficient (Wildman–Crippen LogP) is 6.03. The molecule has 1 aliphatic rings. The predicted molar refractivity (Wildman–Crippen MR) is 165 cm³/mol. The third-order valence-corrected chi connectivity index (χ3v) is 7.27. The van der Waals surface area contributed by atoms with E-state index in [1.54, 1.807) is 49.9 Å². The summed E-state index contributed by atoms with van der Waals surface area (Å²) in [6, 6.07) is 22.0. The smallest absolute Gasteiger partial charge is 0.408 e. The summed E-state index contributed by atoms with van der Waals surface area (Å²) in [4.78, 5) is 43.3. The molecule has 0 aromatic heterocycles. The Kier molecular flexibility index (Phi) is 9.37. The van der Waals surface area contributed by atoms with Crippen LogP contribution in [0.1, 0.15) is 62.4 Å². The van der Waals surface area contributed by atoms with E-state index in [1.165, 1.54) is 0 Å². The van der Waals surface area contributed by atoms with Gasteiger partial charge < -0.3 is 20.3 Å². The van der Waals surface area contributed by atoms with Crippen molar-refractivity contribution in [1.29, 1.82) is 0 Å². The monoisotopic (exact) mass is 565 g/mol. The van der Waals surface area contributed by atoms with Crippen molar-refractivity contribution in [1.82, 2.24) is 10.2 Å². The minimum absolute atomic E-state index is 0.184. The van der Waals surface area contributed by atoms with Crippen molar-refractivity contribution in [2.45, 2.75) is 71.2 Å². The molecule has 0 bridgehead atoms. The second kappa shape index (κ2) is 12.9. The van der Waals surface area contributed by atoms with Crippen LogP contribution in [0.4, 0.5) is 10.5 Å². The third-order valence-electron chi connectivity index (χ3n) is 7.27. The first-order valence-corrected chi connectivity index (χ1v) is 14.3. The average molecular weight is 566 g/mol. The van der Waals surface area contributed by atoms with Crippen LogP contribution in [0.15, 0.2) is 78.9 Å². The molecule has 3 aromatic rings. The van der Waals surface area contributed by atoms with Gasteiger partial charge in [0.15, 0.2) is 0 Å². The van der Waals surface area contributed by atoms with Crippen LogP contribution in [0.5, 0.6) is 0 Å². The number of hydrogen-bond donors (Lipinski definition) is 2. The summed E-state index contributed by atoms with van der Waals surface area (Å²) in [5.74, 6) is 2.09. The van der Waals surface area contributed by atoms with E-state index in [9.17, 15) is 14.4 Å². The summed E-state index contributed by atoms with van der Waals surface area (Å²) in [6.45, 7) is 9.27. The molecule has 0 radical (unpaired) electrons. The molecule has 4 unspecified atom stereocenters. The Labute approximate surface area is 248 Å². The lowest BCUT2D eigenvalue weighted by Crippen LogP contribution is -2.54. The zero-order valence-electron chi connectivity index (χ0n) is 24.9. The topological polar surface area (TPSA) is 87.7 Å². The maximum absolute atomic E-state index is 14.6. The van der Waals surface area contributed by atoms with E-state index < -0.39 is 23.8 Å². The van der Waals surface area contributed by atoms with Crippen molar-refractivity contribution in [3.8, 4) is 12.3 Å². The molecule has 0 saturated heterocycles. The van der Waals surface area contributed by atoms with Crippen LogP contribution >= 0.6 is 0 Å². The number of nitrogens with zero attached hydrogens (tertiary/aromatic N) is 1. The fourth-order valence-corrected chi connectivity index (χ4v) is 4.97. The normalized spacial score (nSPS) is 17.2. The molecule has 7 heteroatoms. The molecule has 218 valence electrons. The molecular weight excluding hydrogens is 526 g/mol. The molecular formula is C35H39N3O4. The number of alkyl carbamates (subject to hydrolysis) is 1. The van der Waals surface area contributed by atoms with Crippen molar-refractivity contribution in [3.63, 3.8) is 0 Å². The van der Waals surface area contributed by atoms with E-state index in [1.807, 2.05) is 61.5 Å². The summed E-state index contributed by atoms with van der Waals surface area (Å²) in [6.07, 6.45) is 5.88. The van der Waals surface area contributed by atoms with E-state index in [4.69, 9.17) is 11.2 Å². The molecule has 0 aliphatic heterocycles. The number of nitrogens with one attached hydrogen (secondary N) is 2. The van der Waals surface area contributed by atoms with Crippen LogP contribution in [0.3, 0.4) is 0 Å². The van der Waals surface area contributed by atoms with Gasteiger partial charge in [0.2, 0.25) is 5.91 Å². The summed E-state index contributed by atoms with van der Waals surface area (Å²) in [7, 11) is 0. The van der Waals surface area contributed by atoms with Gasteiger partial charge in [-0.25, -0.2) is 4.79 Å². The van der Waals surface area contributed by atoms with Crippen molar-refractivity contribution >= 4 is 23.6 Å². The van der Waals surface area contributed by atoms with Gasteiger partial charge in [-0.05, 0) is 74.9 Å².